The van der Waals surface area contributed by atoms with Gasteiger partial charge in [0.2, 0.25) is 0 Å². The van der Waals surface area contributed by atoms with Crippen molar-refractivity contribution in [3.05, 3.63) is 0 Å². The van der Waals surface area contributed by atoms with Gasteiger partial charge >= 0.3 is 5.97 Å². The first kappa shape index (κ1) is 11.4. The monoisotopic (exact) mass is 202 g/mol. The number of methoxy groups -OCH3 is 1. The van der Waals surface area contributed by atoms with Crippen molar-refractivity contribution < 1.29 is 14.6 Å². The quantitative estimate of drug-likeness (QED) is 0.564. The van der Waals surface area contributed by atoms with Crippen LogP contribution >= 0.6 is 0 Å². The lowest BCUT2D eigenvalue weighted by atomic mass is 10.2. The number of nitrogens with one attached hydrogen (secondary N) is 1. The Hall–Kier alpha value is -0.650. The number of nitrogens with zero attached hydrogens (tertiary/aromatic N) is 1. The third-order valence-corrected chi connectivity index (χ3v) is 2.46. The lowest BCUT2D eigenvalue weighted by Gasteiger charge is -2.26. The maximum Gasteiger partial charge on any atom is 0.325 e. The molecule has 5 heteroatoms. The van der Waals surface area contributed by atoms with Crippen LogP contribution in [0.3, 0.4) is 0 Å². The molecular weight excluding hydrogens is 184 g/mol. The molecule has 0 amide bonds. The van der Waals surface area contributed by atoms with Gasteiger partial charge in [-0.2, -0.15) is 0 Å². The van der Waals surface area contributed by atoms with E-state index >= 15 is 0 Å². The van der Waals surface area contributed by atoms with Crippen LogP contribution in [0.5, 0.6) is 0 Å². The fraction of sp³-hybridized carbons (Fsp3) is 0.889. The van der Waals surface area contributed by atoms with Gasteiger partial charge in [-0.25, -0.2) is 0 Å². The van der Waals surface area contributed by atoms with Crippen molar-refractivity contribution in [1.29, 1.82) is 0 Å². The van der Waals surface area contributed by atoms with Gasteiger partial charge in [0.1, 0.15) is 6.04 Å². The van der Waals surface area contributed by atoms with Gasteiger partial charge in [0.15, 0.2) is 0 Å². The Morgan fingerprint density at radius 3 is 3.00 bits per heavy atom. The van der Waals surface area contributed by atoms with Crippen LogP contribution < -0.4 is 5.32 Å². The Morgan fingerprint density at radius 2 is 2.36 bits per heavy atom. The number of rotatable bonds is 3. The van der Waals surface area contributed by atoms with E-state index in [4.69, 9.17) is 5.11 Å². The molecule has 0 aromatic rings. The van der Waals surface area contributed by atoms with Crippen molar-refractivity contribution >= 4 is 5.97 Å². The summed E-state index contributed by atoms with van der Waals surface area (Å²) in [5.41, 5.74) is 0. The van der Waals surface area contributed by atoms with Gasteiger partial charge in [-0.15, -0.1) is 0 Å². The molecule has 1 heterocycles. The summed E-state index contributed by atoms with van der Waals surface area (Å²) in [6, 6.07) is -0.500. The molecule has 1 unspecified atom stereocenters. The molecule has 0 bridgehead atoms. The van der Waals surface area contributed by atoms with Crippen LogP contribution in [0, 0.1) is 0 Å². The lowest BCUT2D eigenvalue weighted by molar-refractivity contribution is -0.148. The Bertz CT molecular complexity index is 179. The van der Waals surface area contributed by atoms with E-state index in [0.29, 0.717) is 0 Å². The van der Waals surface area contributed by atoms with E-state index in [-0.39, 0.29) is 12.6 Å². The average molecular weight is 202 g/mol. The van der Waals surface area contributed by atoms with Crippen molar-refractivity contribution in [1.82, 2.24) is 10.2 Å². The molecule has 2 N–H and O–H groups in total. The molecule has 14 heavy (non-hydrogen) atoms. The molecule has 0 aromatic heterocycles. The van der Waals surface area contributed by atoms with Crippen molar-refractivity contribution in [3.63, 3.8) is 0 Å². The first-order valence-corrected chi connectivity index (χ1v) is 4.93. The number of carbonyl (C=O) groups excluding carboxylic acids is 1. The van der Waals surface area contributed by atoms with Crippen LogP contribution in [-0.4, -0.2) is 61.9 Å². The largest absolute Gasteiger partial charge is 0.468 e. The average Bonchev–Trinajstić information content (AvgIpc) is 2.47. The summed E-state index contributed by atoms with van der Waals surface area (Å²) in [7, 11) is 1.35. The molecule has 0 saturated carbocycles. The van der Waals surface area contributed by atoms with Crippen molar-refractivity contribution in [2.24, 2.45) is 0 Å². The first-order valence-electron chi connectivity index (χ1n) is 4.93. The van der Waals surface area contributed by atoms with Crippen molar-refractivity contribution in [2.45, 2.75) is 12.5 Å². The van der Waals surface area contributed by atoms with E-state index in [9.17, 15) is 4.79 Å². The van der Waals surface area contributed by atoms with Gasteiger partial charge in [-0.05, 0) is 13.0 Å². The van der Waals surface area contributed by atoms with Crippen LogP contribution in [-0.2, 0) is 9.53 Å². The predicted octanol–water partition coefficient (Wildman–Crippen LogP) is -1.18. The zero-order valence-corrected chi connectivity index (χ0v) is 8.53. The number of ether oxygens (including phenoxy) is 1. The smallest absolute Gasteiger partial charge is 0.325 e. The van der Waals surface area contributed by atoms with Crippen LogP contribution in [0.1, 0.15) is 6.42 Å². The third-order valence-electron chi connectivity index (χ3n) is 2.46. The summed E-state index contributed by atoms with van der Waals surface area (Å²) in [4.78, 5) is 13.3. The molecule has 0 spiro atoms. The Morgan fingerprint density at radius 1 is 1.57 bits per heavy atom. The van der Waals surface area contributed by atoms with Gasteiger partial charge < -0.3 is 15.2 Å². The maximum absolute atomic E-state index is 11.3. The van der Waals surface area contributed by atoms with Gasteiger partial charge in [-0.1, -0.05) is 0 Å². The molecule has 82 valence electrons. The molecular formula is C9H18N2O3. The highest BCUT2D eigenvalue weighted by molar-refractivity contribution is 5.75. The van der Waals surface area contributed by atoms with Gasteiger partial charge in [-0.3, -0.25) is 9.69 Å². The predicted molar refractivity (Wildman–Crippen MR) is 51.9 cm³/mol. The molecule has 0 radical (unpaired) electrons. The van der Waals surface area contributed by atoms with E-state index < -0.39 is 6.04 Å². The molecule has 1 aliphatic rings. The summed E-state index contributed by atoms with van der Waals surface area (Å²) >= 11 is 0. The van der Waals surface area contributed by atoms with E-state index in [1.165, 1.54) is 7.11 Å². The Balaban J connectivity index is 2.52. The molecule has 1 rings (SSSR count). The van der Waals surface area contributed by atoms with Gasteiger partial charge in [0.25, 0.3) is 0 Å². The zero-order chi connectivity index (χ0) is 10.4. The summed E-state index contributed by atoms with van der Waals surface area (Å²) in [5, 5.41) is 12.3. The van der Waals surface area contributed by atoms with E-state index in [1.54, 1.807) is 0 Å². The van der Waals surface area contributed by atoms with Crippen molar-refractivity contribution in [2.75, 3.05) is 39.9 Å². The standard InChI is InChI=1S/C9H18N2O3/c1-14-9(13)8(7-12)11-5-2-3-10-4-6-11/h8,10,12H,2-7H2,1H3. The minimum absolute atomic E-state index is 0.174. The summed E-state index contributed by atoms with van der Waals surface area (Å²) in [5.74, 6) is -0.352. The van der Waals surface area contributed by atoms with Crippen LogP contribution in [0.15, 0.2) is 0 Å². The fourth-order valence-corrected chi connectivity index (χ4v) is 1.65. The number of hydrogen-bond donors (Lipinski definition) is 2. The number of carbonyl (C=O) groups is 1. The molecule has 1 saturated heterocycles. The molecule has 1 aliphatic heterocycles. The topological polar surface area (TPSA) is 61.8 Å². The van der Waals surface area contributed by atoms with E-state index in [2.05, 4.69) is 10.1 Å². The number of hydrogen-bond acceptors (Lipinski definition) is 5. The Labute approximate surface area is 84.0 Å². The second kappa shape index (κ2) is 5.95. The third kappa shape index (κ3) is 2.94. The molecule has 1 atom stereocenters. The Kier molecular flexibility index (Phi) is 4.86. The zero-order valence-electron chi connectivity index (χ0n) is 8.53. The summed E-state index contributed by atoms with van der Waals surface area (Å²) in [6.45, 7) is 3.25. The molecule has 0 aliphatic carbocycles. The number of esters is 1. The SMILES string of the molecule is COC(=O)C(CO)N1CCCNCC1. The maximum atomic E-state index is 11.3. The number of aliphatic hydroxyl groups excluding tert-OH is 1. The number of aliphatic hydroxyl groups is 1. The molecule has 1 fully saturated rings. The summed E-state index contributed by atoms with van der Waals surface area (Å²) in [6.07, 6.45) is 0.994. The van der Waals surface area contributed by atoms with Crippen molar-refractivity contribution in [3.8, 4) is 0 Å². The minimum atomic E-state index is -0.500. The highest BCUT2D eigenvalue weighted by atomic mass is 16.5. The van der Waals surface area contributed by atoms with Crippen LogP contribution in [0.4, 0.5) is 0 Å². The van der Waals surface area contributed by atoms with Gasteiger partial charge in [0, 0.05) is 19.6 Å². The highest BCUT2D eigenvalue weighted by Gasteiger charge is 2.26. The minimum Gasteiger partial charge on any atom is -0.468 e. The fourth-order valence-electron chi connectivity index (χ4n) is 1.65. The second-order valence-electron chi connectivity index (χ2n) is 3.36. The van der Waals surface area contributed by atoms with E-state index in [0.717, 1.165) is 32.6 Å². The summed E-state index contributed by atoms with van der Waals surface area (Å²) < 4.78 is 4.64. The molecule has 0 aromatic carbocycles. The second-order valence-corrected chi connectivity index (χ2v) is 3.36. The van der Waals surface area contributed by atoms with Gasteiger partial charge in [0.05, 0.1) is 13.7 Å². The normalized spacial score (nSPS) is 21.3. The highest BCUT2D eigenvalue weighted by Crippen LogP contribution is 2.04. The first-order chi connectivity index (χ1) is 6.79. The van der Waals surface area contributed by atoms with E-state index in [1.807, 2.05) is 4.90 Å². The molecule has 5 nitrogen and oxygen atoms in total. The van der Waals surface area contributed by atoms with Crippen LogP contribution in [0.25, 0.3) is 0 Å². The van der Waals surface area contributed by atoms with Crippen LogP contribution in [0.2, 0.25) is 0 Å². The lowest BCUT2D eigenvalue weighted by Crippen LogP contribution is -2.45.